The van der Waals surface area contributed by atoms with E-state index in [4.69, 9.17) is 0 Å². The van der Waals surface area contributed by atoms with Gasteiger partial charge in [-0.1, -0.05) is 13.3 Å². The number of nitrogens with zero attached hydrogens (tertiary/aromatic N) is 2. The van der Waals surface area contributed by atoms with Crippen LogP contribution in [-0.4, -0.2) is 41.3 Å². The minimum atomic E-state index is 0.714. The first-order chi connectivity index (χ1) is 9.16. The lowest BCUT2D eigenvalue weighted by Gasteiger charge is -2.29. The van der Waals surface area contributed by atoms with Crippen LogP contribution < -0.4 is 5.32 Å². The molecule has 0 saturated carbocycles. The van der Waals surface area contributed by atoms with Crippen molar-refractivity contribution in [3.63, 3.8) is 0 Å². The SMILES string of the molecule is Cc1n[nH]c(C)c1CNCC(C)CN1CCCCC1. The molecule has 1 aromatic rings. The Morgan fingerprint density at radius 3 is 2.63 bits per heavy atom. The molecule has 4 nitrogen and oxygen atoms in total. The van der Waals surface area contributed by atoms with Crippen LogP contribution in [0.5, 0.6) is 0 Å². The van der Waals surface area contributed by atoms with E-state index in [1.807, 2.05) is 0 Å². The Balaban J connectivity index is 1.67. The zero-order valence-electron chi connectivity index (χ0n) is 12.6. The summed E-state index contributed by atoms with van der Waals surface area (Å²) in [6.45, 7) is 12.3. The first kappa shape index (κ1) is 14.5. The second-order valence-electron chi connectivity index (χ2n) is 6.01. The van der Waals surface area contributed by atoms with Gasteiger partial charge in [0.05, 0.1) is 5.69 Å². The molecule has 0 aliphatic carbocycles. The number of likely N-dealkylation sites (tertiary alicyclic amines) is 1. The maximum absolute atomic E-state index is 4.23. The largest absolute Gasteiger partial charge is 0.312 e. The number of rotatable bonds is 6. The van der Waals surface area contributed by atoms with Crippen LogP contribution in [-0.2, 0) is 6.54 Å². The number of hydrogen-bond donors (Lipinski definition) is 2. The van der Waals surface area contributed by atoms with Gasteiger partial charge in [0.1, 0.15) is 0 Å². The van der Waals surface area contributed by atoms with E-state index in [1.165, 1.54) is 50.2 Å². The molecular formula is C15H28N4. The molecule has 2 heterocycles. The van der Waals surface area contributed by atoms with Crippen molar-refractivity contribution in [2.24, 2.45) is 5.92 Å². The van der Waals surface area contributed by atoms with Gasteiger partial charge in [-0.2, -0.15) is 5.10 Å². The summed E-state index contributed by atoms with van der Waals surface area (Å²) in [6, 6.07) is 0. The minimum absolute atomic E-state index is 0.714. The number of aryl methyl sites for hydroxylation is 2. The van der Waals surface area contributed by atoms with Crippen LogP contribution in [0.1, 0.15) is 43.1 Å². The van der Waals surface area contributed by atoms with Crippen molar-refractivity contribution in [1.29, 1.82) is 0 Å². The standard InChI is InChI=1S/C15H28N4/c1-12(11-19-7-5-4-6-8-19)9-16-10-15-13(2)17-18-14(15)3/h12,16H,4-11H2,1-3H3,(H,17,18). The molecule has 1 aliphatic heterocycles. The van der Waals surface area contributed by atoms with Gasteiger partial charge in [0.15, 0.2) is 0 Å². The normalized spacial score (nSPS) is 18.7. The molecule has 1 aromatic heterocycles. The van der Waals surface area contributed by atoms with Crippen molar-refractivity contribution in [2.75, 3.05) is 26.2 Å². The summed E-state index contributed by atoms with van der Waals surface area (Å²) < 4.78 is 0. The Morgan fingerprint density at radius 2 is 2.00 bits per heavy atom. The molecule has 1 aliphatic rings. The molecule has 19 heavy (non-hydrogen) atoms. The molecule has 1 unspecified atom stereocenters. The van der Waals surface area contributed by atoms with Crippen LogP contribution in [0.25, 0.3) is 0 Å². The molecule has 0 radical (unpaired) electrons. The number of hydrogen-bond acceptors (Lipinski definition) is 3. The van der Waals surface area contributed by atoms with Gasteiger partial charge in [0.25, 0.3) is 0 Å². The monoisotopic (exact) mass is 264 g/mol. The van der Waals surface area contributed by atoms with Crippen LogP contribution in [0.3, 0.4) is 0 Å². The van der Waals surface area contributed by atoms with Crippen molar-refractivity contribution in [2.45, 2.75) is 46.6 Å². The fourth-order valence-corrected chi connectivity index (χ4v) is 2.93. The topological polar surface area (TPSA) is 44.0 Å². The molecular weight excluding hydrogens is 236 g/mol. The summed E-state index contributed by atoms with van der Waals surface area (Å²) >= 11 is 0. The molecule has 1 fully saturated rings. The Labute approximate surface area is 117 Å². The van der Waals surface area contributed by atoms with E-state index in [-0.39, 0.29) is 0 Å². The van der Waals surface area contributed by atoms with E-state index >= 15 is 0 Å². The van der Waals surface area contributed by atoms with E-state index in [0.29, 0.717) is 5.92 Å². The third-order valence-corrected chi connectivity index (χ3v) is 4.09. The molecule has 0 bridgehead atoms. The van der Waals surface area contributed by atoms with Gasteiger partial charge in [0, 0.05) is 24.3 Å². The highest BCUT2D eigenvalue weighted by Crippen LogP contribution is 2.11. The first-order valence-electron chi connectivity index (χ1n) is 7.60. The third kappa shape index (κ3) is 4.32. The van der Waals surface area contributed by atoms with Crippen LogP contribution in [0.4, 0.5) is 0 Å². The average Bonchev–Trinajstić information content (AvgIpc) is 2.71. The first-order valence-corrected chi connectivity index (χ1v) is 7.60. The summed E-state index contributed by atoms with van der Waals surface area (Å²) in [4.78, 5) is 2.62. The van der Waals surface area contributed by atoms with Gasteiger partial charge in [-0.25, -0.2) is 0 Å². The maximum atomic E-state index is 4.23. The highest BCUT2D eigenvalue weighted by molar-refractivity contribution is 5.22. The summed E-state index contributed by atoms with van der Waals surface area (Å²) in [6.07, 6.45) is 4.18. The summed E-state index contributed by atoms with van der Waals surface area (Å²) in [5, 5.41) is 10.8. The third-order valence-electron chi connectivity index (χ3n) is 4.09. The van der Waals surface area contributed by atoms with Crippen molar-refractivity contribution < 1.29 is 0 Å². The average molecular weight is 264 g/mol. The van der Waals surface area contributed by atoms with E-state index in [9.17, 15) is 0 Å². The number of piperidine rings is 1. The van der Waals surface area contributed by atoms with E-state index in [2.05, 4.69) is 41.2 Å². The Hall–Kier alpha value is -0.870. The lowest BCUT2D eigenvalue weighted by Crippen LogP contribution is -2.36. The summed E-state index contributed by atoms with van der Waals surface area (Å²) in [7, 11) is 0. The molecule has 0 spiro atoms. The van der Waals surface area contributed by atoms with Crippen molar-refractivity contribution in [3.8, 4) is 0 Å². The highest BCUT2D eigenvalue weighted by atomic mass is 15.1. The summed E-state index contributed by atoms with van der Waals surface area (Å²) in [5.41, 5.74) is 3.63. The quantitative estimate of drug-likeness (QED) is 0.828. The minimum Gasteiger partial charge on any atom is -0.312 e. The van der Waals surface area contributed by atoms with Crippen LogP contribution >= 0.6 is 0 Å². The number of aromatic amines is 1. The number of H-pyrrole nitrogens is 1. The Morgan fingerprint density at radius 1 is 1.26 bits per heavy atom. The van der Waals surface area contributed by atoms with Crippen LogP contribution in [0.2, 0.25) is 0 Å². The van der Waals surface area contributed by atoms with Crippen LogP contribution in [0.15, 0.2) is 0 Å². The van der Waals surface area contributed by atoms with Crippen molar-refractivity contribution in [3.05, 3.63) is 17.0 Å². The molecule has 2 N–H and O–H groups in total. The molecule has 0 aromatic carbocycles. The van der Waals surface area contributed by atoms with Gasteiger partial charge >= 0.3 is 0 Å². The zero-order valence-corrected chi connectivity index (χ0v) is 12.6. The molecule has 1 atom stereocenters. The van der Waals surface area contributed by atoms with E-state index in [0.717, 1.165) is 18.8 Å². The van der Waals surface area contributed by atoms with Gasteiger partial charge < -0.3 is 10.2 Å². The van der Waals surface area contributed by atoms with E-state index in [1.54, 1.807) is 0 Å². The number of nitrogens with one attached hydrogen (secondary N) is 2. The number of aromatic nitrogens is 2. The predicted molar refractivity (Wildman–Crippen MR) is 79.2 cm³/mol. The second kappa shape index (κ2) is 7.06. The predicted octanol–water partition coefficient (Wildman–Crippen LogP) is 2.24. The second-order valence-corrected chi connectivity index (χ2v) is 6.01. The van der Waals surface area contributed by atoms with Gasteiger partial charge in [-0.3, -0.25) is 5.10 Å². The van der Waals surface area contributed by atoms with Crippen LogP contribution in [0, 0.1) is 19.8 Å². The molecule has 1 saturated heterocycles. The maximum Gasteiger partial charge on any atom is 0.0638 e. The van der Waals surface area contributed by atoms with Gasteiger partial charge in [-0.05, 0) is 52.2 Å². The molecule has 108 valence electrons. The van der Waals surface area contributed by atoms with Crippen molar-refractivity contribution >= 4 is 0 Å². The lowest BCUT2D eigenvalue weighted by molar-refractivity contribution is 0.199. The molecule has 2 rings (SSSR count). The van der Waals surface area contributed by atoms with E-state index < -0.39 is 0 Å². The smallest absolute Gasteiger partial charge is 0.0638 e. The fraction of sp³-hybridized carbons (Fsp3) is 0.800. The lowest BCUT2D eigenvalue weighted by atomic mass is 10.1. The highest BCUT2D eigenvalue weighted by Gasteiger charge is 2.13. The Kier molecular flexibility index (Phi) is 5.40. The fourth-order valence-electron chi connectivity index (χ4n) is 2.93. The molecule has 0 amide bonds. The van der Waals surface area contributed by atoms with Gasteiger partial charge in [-0.15, -0.1) is 0 Å². The Bertz CT molecular complexity index is 360. The zero-order chi connectivity index (χ0) is 13.7. The van der Waals surface area contributed by atoms with Gasteiger partial charge in [0.2, 0.25) is 0 Å². The summed E-state index contributed by atoms with van der Waals surface area (Å²) in [5.74, 6) is 0.714. The van der Waals surface area contributed by atoms with Crippen molar-refractivity contribution in [1.82, 2.24) is 20.4 Å². The molecule has 4 heteroatoms.